The van der Waals surface area contributed by atoms with Crippen molar-refractivity contribution in [3.05, 3.63) is 0 Å². The maximum Gasteiger partial charge on any atom is 0.240 e. The number of amides is 1. The van der Waals surface area contributed by atoms with E-state index >= 15 is 0 Å². The van der Waals surface area contributed by atoms with Crippen molar-refractivity contribution in [1.82, 2.24) is 15.1 Å². The van der Waals surface area contributed by atoms with Crippen LogP contribution in [0.1, 0.15) is 44.9 Å². The number of nitrogens with one attached hydrogen (secondary N) is 1. The largest absolute Gasteiger partial charge is 0.389 e. The standard InChI is InChI=1S/C16H29N3O2/c20-15(18-11-8-17-9-12-18)14-5-4-10-19(14)13-16(21)6-2-1-3-7-16/h14,17,21H,1-13H2. The van der Waals surface area contributed by atoms with E-state index in [2.05, 4.69) is 10.2 Å². The van der Waals surface area contributed by atoms with E-state index in [0.29, 0.717) is 6.54 Å². The van der Waals surface area contributed by atoms with Crippen molar-refractivity contribution >= 4 is 5.91 Å². The summed E-state index contributed by atoms with van der Waals surface area (Å²) >= 11 is 0. The van der Waals surface area contributed by atoms with Gasteiger partial charge in [-0.05, 0) is 32.2 Å². The zero-order valence-electron chi connectivity index (χ0n) is 13.0. The molecule has 0 bridgehead atoms. The fourth-order valence-corrected chi connectivity index (χ4v) is 4.14. The maximum atomic E-state index is 12.7. The number of carbonyl (C=O) groups is 1. The first-order valence-electron chi connectivity index (χ1n) is 8.64. The number of rotatable bonds is 3. The lowest BCUT2D eigenvalue weighted by molar-refractivity contribution is -0.138. The van der Waals surface area contributed by atoms with Gasteiger partial charge in [-0.25, -0.2) is 0 Å². The van der Waals surface area contributed by atoms with Gasteiger partial charge >= 0.3 is 0 Å². The summed E-state index contributed by atoms with van der Waals surface area (Å²) in [7, 11) is 0. The van der Waals surface area contributed by atoms with Gasteiger partial charge in [0.05, 0.1) is 11.6 Å². The summed E-state index contributed by atoms with van der Waals surface area (Å²) in [6.45, 7) is 5.12. The summed E-state index contributed by atoms with van der Waals surface area (Å²) in [5.41, 5.74) is -0.551. The Labute approximate surface area is 127 Å². The third-order valence-electron chi connectivity index (χ3n) is 5.36. The third-order valence-corrected chi connectivity index (χ3v) is 5.36. The van der Waals surface area contributed by atoms with E-state index in [1.807, 2.05) is 4.90 Å². The highest BCUT2D eigenvalue weighted by atomic mass is 16.3. The van der Waals surface area contributed by atoms with Crippen molar-refractivity contribution in [2.45, 2.75) is 56.6 Å². The number of likely N-dealkylation sites (tertiary alicyclic amines) is 1. The second-order valence-electron chi connectivity index (χ2n) is 6.99. The van der Waals surface area contributed by atoms with E-state index < -0.39 is 5.60 Å². The highest BCUT2D eigenvalue weighted by Gasteiger charge is 2.39. The molecule has 0 aromatic heterocycles. The van der Waals surface area contributed by atoms with Gasteiger partial charge in [0.25, 0.3) is 0 Å². The van der Waals surface area contributed by atoms with Gasteiger partial charge in [0.1, 0.15) is 0 Å². The Morgan fingerprint density at radius 1 is 1.10 bits per heavy atom. The normalized spacial score (nSPS) is 30.5. The molecule has 1 atom stereocenters. The topological polar surface area (TPSA) is 55.8 Å². The Morgan fingerprint density at radius 3 is 2.52 bits per heavy atom. The molecule has 3 fully saturated rings. The van der Waals surface area contributed by atoms with Crippen LogP contribution in [-0.2, 0) is 4.79 Å². The fraction of sp³-hybridized carbons (Fsp3) is 0.938. The van der Waals surface area contributed by atoms with E-state index in [1.54, 1.807) is 0 Å². The molecule has 1 aliphatic carbocycles. The summed E-state index contributed by atoms with van der Waals surface area (Å²) in [6, 6.07) is 0.00838. The molecular weight excluding hydrogens is 266 g/mol. The first kappa shape index (κ1) is 15.3. The average Bonchev–Trinajstić information content (AvgIpc) is 2.95. The van der Waals surface area contributed by atoms with Crippen LogP contribution in [0.25, 0.3) is 0 Å². The fourth-order valence-electron chi connectivity index (χ4n) is 4.14. The van der Waals surface area contributed by atoms with Crippen LogP contribution in [0.3, 0.4) is 0 Å². The zero-order chi connectivity index (χ0) is 14.7. The molecule has 0 spiro atoms. The number of aliphatic hydroxyl groups is 1. The van der Waals surface area contributed by atoms with Gasteiger partial charge in [-0.3, -0.25) is 9.69 Å². The highest BCUT2D eigenvalue weighted by molar-refractivity contribution is 5.82. The molecule has 1 saturated carbocycles. The Balaban J connectivity index is 1.60. The van der Waals surface area contributed by atoms with Crippen molar-refractivity contribution < 1.29 is 9.90 Å². The molecule has 3 rings (SSSR count). The molecule has 120 valence electrons. The minimum Gasteiger partial charge on any atom is -0.389 e. The molecule has 2 heterocycles. The first-order chi connectivity index (χ1) is 10.2. The van der Waals surface area contributed by atoms with Crippen LogP contribution < -0.4 is 5.32 Å². The Hall–Kier alpha value is -0.650. The SMILES string of the molecule is O=C(C1CCCN1CC1(O)CCCCC1)N1CCNCC1. The first-order valence-corrected chi connectivity index (χ1v) is 8.64. The number of piperazine rings is 1. The number of carbonyl (C=O) groups excluding carboxylic acids is 1. The van der Waals surface area contributed by atoms with Gasteiger partial charge in [0.2, 0.25) is 5.91 Å². The monoisotopic (exact) mass is 295 g/mol. The lowest BCUT2D eigenvalue weighted by Gasteiger charge is -2.39. The van der Waals surface area contributed by atoms with Crippen LogP contribution in [0.4, 0.5) is 0 Å². The van der Waals surface area contributed by atoms with E-state index in [-0.39, 0.29) is 11.9 Å². The van der Waals surface area contributed by atoms with E-state index in [4.69, 9.17) is 0 Å². The predicted molar refractivity (Wildman–Crippen MR) is 82.1 cm³/mol. The summed E-state index contributed by atoms with van der Waals surface area (Å²) in [4.78, 5) is 17.0. The van der Waals surface area contributed by atoms with Gasteiger partial charge in [0, 0.05) is 32.7 Å². The van der Waals surface area contributed by atoms with E-state index in [9.17, 15) is 9.90 Å². The molecule has 5 heteroatoms. The van der Waals surface area contributed by atoms with Crippen LogP contribution in [0.15, 0.2) is 0 Å². The van der Waals surface area contributed by atoms with Crippen molar-refractivity contribution in [3.63, 3.8) is 0 Å². The minimum absolute atomic E-state index is 0.00838. The second kappa shape index (κ2) is 6.63. The molecule has 1 unspecified atom stereocenters. The van der Waals surface area contributed by atoms with Crippen LogP contribution in [0.5, 0.6) is 0 Å². The summed E-state index contributed by atoms with van der Waals surface area (Å²) < 4.78 is 0. The summed E-state index contributed by atoms with van der Waals surface area (Å²) in [5.74, 6) is 0.286. The lowest BCUT2D eigenvalue weighted by Crippen LogP contribution is -2.55. The predicted octanol–water partition coefficient (Wildman–Crippen LogP) is 0.578. The van der Waals surface area contributed by atoms with E-state index in [0.717, 1.165) is 71.2 Å². The molecule has 21 heavy (non-hydrogen) atoms. The molecule has 0 aromatic rings. The second-order valence-corrected chi connectivity index (χ2v) is 6.99. The molecule has 2 aliphatic heterocycles. The van der Waals surface area contributed by atoms with Gasteiger partial charge in [0.15, 0.2) is 0 Å². The van der Waals surface area contributed by atoms with Gasteiger partial charge in [-0.2, -0.15) is 0 Å². The van der Waals surface area contributed by atoms with Crippen molar-refractivity contribution in [3.8, 4) is 0 Å². The van der Waals surface area contributed by atoms with E-state index in [1.165, 1.54) is 6.42 Å². The Kier molecular flexibility index (Phi) is 4.82. The van der Waals surface area contributed by atoms with Gasteiger partial charge < -0.3 is 15.3 Å². The average molecular weight is 295 g/mol. The van der Waals surface area contributed by atoms with Crippen LogP contribution in [0.2, 0.25) is 0 Å². The summed E-state index contributed by atoms with van der Waals surface area (Å²) in [5, 5.41) is 14.1. The molecule has 0 aromatic carbocycles. The number of nitrogens with zero attached hydrogens (tertiary/aromatic N) is 2. The Bertz CT molecular complexity index is 363. The van der Waals surface area contributed by atoms with Crippen molar-refractivity contribution in [2.75, 3.05) is 39.3 Å². The molecule has 3 aliphatic rings. The number of β-amino-alcohol motifs (C(OH)–C–C–N with tert-alkyl or cyclic N) is 1. The van der Waals surface area contributed by atoms with Gasteiger partial charge in [-0.1, -0.05) is 19.3 Å². The zero-order valence-corrected chi connectivity index (χ0v) is 13.0. The molecule has 0 radical (unpaired) electrons. The quantitative estimate of drug-likeness (QED) is 0.800. The Morgan fingerprint density at radius 2 is 1.81 bits per heavy atom. The van der Waals surface area contributed by atoms with Crippen molar-refractivity contribution in [2.24, 2.45) is 0 Å². The van der Waals surface area contributed by atoms with Crippen LogP contribution in [-0.4, -0.2) is 71.7 Å². The molecule has 2 N–H and O–H groups in total. The van der Waals surface area contributed by atoms with Gasteiger partial charge in [-0.15, -0.1) is 0 Å². The number of hydrogen-bond donors (Lipinski definition) is 2. The number of hydrogen-bond acceptors (Lipinski definition) is 4. The van der Waals surface area contributed by atoms with Crippen LogP contribution in [0, 0.1) is 0 Å². The smallest absolute Gasteiger partial charge is 0.240 e. The third kappa shape index (κ3) is 3.58. The summed E-state index contributed by atoms with van der Waals surface area (Å²) in [6.07, 6.45) is 7.33. The molecule has 1 amide bonds. The minimum atomic E-state index is -0.551. The molecular formula is C16H29N3O2. The maximum absolute atomic E-state index is 12.7. The molecule has 2 saturated heterocycles. The molecule has 5 nitrogen and oxygen atoms in total. The van der Waals surface area contributed by atoms with Crippen molar-refractivity contribution in [1.29, 1.82) is 0 Å². The van der Waals surface area contributed by atoms with Crippen LogP contribution >= 0.6 is 0 Å². The highest BCUT2D eigenvalue weighted by Crippen LogP contribution is 2.31. The lowest BCUT2D eigenvalue weighted by atomic mass is 9.84.